The van der Waals surface area contributed by atoms with Crippen LogP contribution >= 0.6 is 0 Å². The van der Waals surface area contributed by atoms with Crippen molar-refractivity contribution in [3.63, 3.8) is 0 Å². The number of nitrogens with one attached hydrogen (secondary N) is 1. The van der Waals surface area contributed by atoms with Gasteiger partial charge in [0.1, 0.15) is 17.4 Å². The summed E-state index contributed by atoms with van der Waals surface area (Å²) in [5.41, 5.74) is 5.36. The normalized spacial score (nSPS) is 23.8. The van der Waals surface area contributed by atoms with Crippen LogP contribution in [-0.2, 0) is 0 Å². The largest absolute Gasteiger partial charge is 0.492 e. The number of ether oxygens (including phenoxy) is 1. The number of hydrogen-bond acceptors (Lipinski definition) is 5. The van der Waals surface area contributed by atoms with Crippen molar-refractivity contribution >= 4 is 11.2 Å². The third kappa shape index (κ3) is 2.80. The van der Waals surface area contributed by atoms with Gasteiger partial charge in [-0.2, -0.15) is 0 Å². The van der Waals surface area contributed by atoms with E-state index in [-0.39, 0.29) is 42.0 Å². The number of nitrogens with two attached hydrogens (primary N) is 1. The molecule has 1 aliphatic carbocycles. The predicted octanol–water partition coefficient (Wildman–Crippen LogP) is 1.13. The molecule has 1 aliphatic heterocycles. The first kappa shape index (κ1) is 18.0. The summed E-state index contributed by atoms with van der Waals surface area (Å²) < 4.78 is 35.9. The number of hydrogen-bond donors (Lipinski definition) is 2. The molecule has 4 rings (SSSR count). The van der Waals surface area contributed by atoms with Gasteiger partial charge in [0.15, 0.2) is 11.6 Å². The van der Waals surface area contributed by atoms with Crippen molar-refractivity contribution in [2.24, 2.45) is 11.7 Å². The van der Waals surface area contributed by atoms with Crippen molar-refractivity contribution in [3.8, 4) is 5.75 Å². The Morgan fingerprint density at radius 3 is 2.59 bits per heavy atom. The van der Waals surface area contributed by atoms with E-state index in [1.807, 2.05) is 0 Å². The van der Waals surface area contributed by atoms with E-state index in [2.05, 4.69) is 4.98 Å². The number of alkyl halides is 1. The molecule has 0 radical (unpaired) electrons. The lowest BCUT2D eigenvalue weighted by Crippen LogP contribution is -2.33. The Bertz CT molecular complexity index is 1010. The van der Waals surface area contributed by atoms with Crippen LogP contribution in [0.4, 0.5) is 14.5 Å². The summed E-state index contributed by atoms with van der Waals surface area (Å²) in [6, 6.07) is -0.382. The first-order valence-electron chi connectivity index (χ1n) is 9.03. The number of nitrogens with zero attached hydrogens (tertiary/aromatic N) is 2. The SMILES string of the molecule is COc1c(N2CC(F)C(C(C)N)C2)c(F)cn2c(=O)[nH]c(=O)c(C3CC3)c12. The molecule has 3 atom stereocenters. The molecule has 9 heteroatoms. The number of H-pyrrole nitrogens is 1. The molecular weight excluding hydrogens is 358 g/mol. The monoisotopic (exact) mass is 380 g/mol. The van der Waals surface area contributed by atoms with Gasteiger partial charge in [0.2, 0.25) is 0 Å². The van der Waals surface area contributed by atoms with Crippen molar-refractivity contribution in [1.82, 2.24) is 9.38 Å². The van der Waals surface area contributed by atoms with Gasteiger partial charge >= 0.3 is 5.69 Å². The zero-order chi connectivity index (χ0) is 19.5. The molecule has 0 spiro atoms. The van der Waals surface area contributed by atoms with Gasteiger partial charge in [0, 0.05) is 30.6 Å². The minimum Gasteiger partial charge on any atom is -0.492 e. The van der Waals surface area contributed by atoms with E-state index in [1.165, 1.54) is 7.11 Å². The van der Waals surface area contributed by atoms with E-state index in [0.29, 0.717) is 5.56 Å². The molecular formula is C18H22F2N4O3. The summed E-state index contributed by atoms with van der Waals surface area (Å²) in [6.45, 7) is 1.93. The number of aromatic amines is 1. The number of fused-ring (bicyclic) bond motifs is 1. The molecule has 0 amide bonds. The molecule has 3 N–H and O–H groups in total. The Kier molecular flexibility index (Phi) is 4.21. The van der Waals surface area contributed by atoms with E-state index < -0.39 is 29.2 Å². The summed E-state index contributed by atoms with van der Waals surface area (Å²) >= 11 is 0. The third-order valence-electron chi connectivity index (χ3n) is 5.55. The van der Waals surface area contributed by atoms with E-state index in [1.54, 1.807) is 11.8 Å². The highest BCUT2D eigenvalue weighted by Gasteiger charge is 2.39. The summed E-state index contributed by atoms with van der Waals surface area (Å²) in [7, 11) is 1.35. The van der Waals surface area contributed by atoms with Crippen LogP contribution in [0.15, 0.2) is 15.8 Å². The lowest BCUT2D eigenvalue weighted by Gasteiger charge is -2.24. The summed E-state index contributed by atoms with van der Waals surface area (Å²) in [5, 5.41) is 0. The fourth-order valence-electron chi connectivity index (χ4n) is 4.02. The molecule has 2 aliphatic rings. The van der Waals surface area contributed by atoms with E-state index in [9.17, 15) is 18.4 Å². The van der Waals surface area contributed by atoms with Crippen LogP contribution in [0, 0.1) is 11.7 Å². The lowest BCUT2D eigenvalue weighted by atomic mass is 10.0. The number of halogens is 2. The van der Waals surface area contributed by atoms with Crippen molar-refractivity contribution in [3.05, 3.63) is 38.4 Å². The van der Waals surface area contributed by atoms with Crippen molar-refractivity contribution in [2.45, 2.75) is 37.9 Å². The third-order valence-corrected chi connectivity index (χ3v) is 5.55. The number of anilines is 1. The van der Waals surface area contributed by atoms with Gasteiger partial charge < -0.3 is 15.4 Å². The molecule has 27 heavy (non-hydrogen) atoms. The number of pyridine rings is 1. The number of aromatic nitrogens is 2. The zero-order valence-corrected chi connectivity index (χ0v) is 15.2. The molecule has 2 fully saturated rings. The molecule has 3 unspecified atom stereocenters. The Labute approximate surface area is 153 Å². The van der Waals surface area contributed by atoms with Crippen LogP contribution in [0.1, 0.15) is 31.2 Å². The highest BCUT2D eigenvalue weighted by Crippen LogP contribution is 2.45. The fraction of sp³-hybridized carbons (Fsp3) is 0.556. The summed E-state index contributed by atoms with van der Waals surface area (Å²) in [5.74, 6) is -1.07. The van der Waals surface area contributed by atoms with Gasteiger partial charge in [-0.1, -0.05) is 0 Å². The minimum atomic E-state index is -1.20. The highest BCUT2D eigenvalue weighted by atomic mass is 19.1. The fourth-order valence-corrected chi connectivity index (χ4v) is 4.02. The maximum atomic E-state index is 15.0. The molecule has 7 nitrogen and oxygen atoms in total. The van der Waals surface area contributed by atoms with Crippen molar-refractivity contribution in [1.29, 1.82) is 0 Å². The molecule has 0 bridgehead atoms. The second-order valence-corrected chi connectivity index (χ2v) is 7.47. The maximum Gasteiger partial charge on any atom is 0.333 e. The van der Waals surface area contributed by atoms with E-state index >= 15 is 0 Å². The summed E-state index contributed by atoms with van der Waals surface area (Å²) in [4.78, 5) is 28.4. The van der Waals surface area contributed by atoms with Crippen LogP contribution < -0.4 is 26.6 Å². The van der Waals surface area contributed by atoms with Gasteiger partial charge in [0.25, 0.3) is 5.56 Å². The maximum absolute atomic E-state index is 15.0. The van der Waals surface area contributed by atoms with Crippen LogP contribution in [-0.4, -0.2) is 41.8 Å². The van der Waals surface area contributed by atoms with Gasteiger partial charge in [-0.05, 0) is 25.7 Å². The first-order valence-corrected chi connectivity index (χ1v) is 9.03. The van der Waals surface area contributed by atoms with E-state index in [4.69, 9.17) is 10.5 Å². The van der Waals surface area contributed by atoms with Crippen LogP contribution in [0.2, 0.25) is 0 Å². The number of rotatable bonds is 4. The molecule has 146 valence electrons. The molecule has 2 aromatic heterocycles. The molecule has 2 aromatic rings. The Hall–Kier alpha value is -2.42. The van der Waals surface area contributed by atoms with Crippen LogP contribution in [0.25, 0.3) is 5.52 Å². The Morgan fingerprint density at radius 1 is 1.33 bits per heavy atom. The van der Waals surface area contributed by atoms with Gasteiger partial charge in [-0.3, -0.25) is 14.2 Å². The Balaban J connectivity index is 1.97. The second kappa shape index (κ2) is 6.33. The highest BCUT2D eigenvalue weighted by molar-refractivity contribution is 5.78. The second-order valence-electron chi connectivity index (χ2n) is 7.47. The van der Waals surface area contributed by atoms with Gasteiger partial charge in [0.05, 0.1) is 13.3 Å². The lowest BCUT2D eigenvalue weighted by molar-refractivity contribution is 0.259. The smallest absolute Gasteiger partial charge is 0.333 e. The summed E-state index contributed by atoms with van der Waals surface area (Å²) in [6.07, 6.45) is 1.46. The van der Waals surface area contributed by atoms with E-state index in [0.717, 1.165) is 23.4 Å². The van der Waals surface area contributed by atoms with Crippen molar-refractivity contribution in [2.75, 3.05) is 25.1 Å². The quantitative estimate of drug-likeness (QED) is 0.830. The first-order chi connectivity index (χ1) is 12.8. The van der Waals surface area contributed by atoms with Crippen molar-refractivity contribution < 1.29 is 13.5 Å². The van der Waals surface area contributed by atoms with Crippen LogP contribution in [0.5, 0.6) is 5.75 Å². The molecule has 1 saturated heterocycles. The standard InChI is InChI=1S/C18H22F2N4O3/c1-8(21)10-5-23(6-11(10)19)14-12(20)7-24-15(16(14)27-2)13(9-3-4-9)17(25)22-18(24)26/h7-11H,3-6,21H2,1-2H3,(H,22,25,26). The van der Waals surface area contributed by atoms with Crippen LogP contribution in [0.3, 0.4) is 0 Å². The predicted molar refractivity (Wildman–Crippen MR) is 97.0 cm³/mol. The average Bonchev–Trinajstić information content (AvgIpc) is 3.35. The zero-order valence-electron chi connectivity index (χ0n) is 15.2. The topological polar surface area (TPSA) is 92.8 Å². The molecule has 3 heterocycles. The van der Waals surface area contributed by atoms with Gasteiger partial charge in [-0.15, -0.1) is 0 Å². The Morgan fingerprint density at radius 2 is 2.04 bits per heavy atom. The van der Waals surface area contributed by atoms with Gasteiger partial charge in [-0.25, -0.2) is 13.6 Å². The minimum absolute atomic E-state index is 0.000811. The molecule has 0 aromatic carbocycles. The molecule has 1 saturated carbocycles. The number of methoxy groups -OCH3 is 1. The average molecular weight is 380 g/mol.